The van der Waals surface area contributed by atoms with Crippen LogP contribution in [0.2, 0.25) is 0 Å². The number of methoxy groups -OCH3 is 1. The number of benzene rings is 3. The first-order chi connectivity index (χ1) is 15.2. The number of aromatic nitrogens is 2. The van der Waals surface area contributed by atoms with Gasteiger partial charge in [-0.25, -0.2) is 9.97 Å². The first-order valence-electron chi connectivity index (χ1n) is 10.0. The molecule has 0 saturated carbocycles. The van der Waals surface area contributed by atoms with Crippen molar-refractivity contribution in [1.29, 1.82) is 0 Å². The monoisotopic (exact) mass is 429 g/mol. The third kappa shape index (κ3) is 5.61. The summed E-state index contributed by atoms with van der Waals surface area (Å²) in [4.78, 5) is 22.1. The van der Waals surface area contributed by atoms with E-state index in [4.69, 9.17) is 14.7 Å². The summed E-state index contributed by atoms with van der Waals surface area (Å²) >= 11 is 1.42. The summed E-state index contributed by atoms with van der Waals surface area (Å²) in [6, 6.07) is 25.7. The average molecular weight is 430 g/mol. The molecule has 31 heavy (non-hydrogen) atoms. The molecule has 0 fully saturated rings. The quantitative estimate of drug-likeness (QED) is 0.414. The van der Waals surface area contributed by atoms with Crippen molar-refractivity contribution in [3.05, 3.63) is 95.7 Å². The number of thioether (sulfide) groups is 1. The van der Waals surface area contributed by atoms with Crippen LogP contribution in [0.15, 0.2) is 83.9 Å². The number of rotatable bonds is 8. The first-order valence-corrected chi connectivity index (χ1v) is 11.0. The Morgan fingerprint density at radius 1 is 0.871 bits per heavy atom. The molecule has 6 heteroatoms. The number of nitrogens with one attached hydrogen (secondary N) is 1. The van der Waals surface area contributed by atoms with Crippen molar-refractivity contribution in [3.63, 3.8) is 0 Å². The van der Waals surface area contributed by atoms with Crippen LogP contribution in [0.1, 0.15) is 16.8 Å². The summed E-state index contributed by atoms with van der Waals surface area (Å²) in [5.74, 6) is 1.04. The van der Waals surface area contributed by atoms with Gasteiger partial charge in [0.05, 0.1) is 29.6 Å². The minimum absolute atomic E-state index is 0.0403. The predicted octanol–water partition coefficient (Wildman–Crippen LogP) is 4.64. The van der Waals surface area contributed by atoms with Crippen LogP contribution >= 0.6 is 11.8 Å². The molecular formula is C25H23N3O2S. The smallest absolute Gasteiger partial charge is 0.230 e. The summed E-state index contributed by atoms with van der Waals surface area (Å²) in [6.07, 6.45) is 0.675. The lowest BCUT2D eigenvalue weighted by Gasteiger charge is -2.10. The van der Waals surface area contributed by atoms with E-state index in [-0.39, 0.29) is 11.7 Å². The molecule has 0 aliphatic heterocycles. The van der Waals surface area contributed by atoms with E-state index in [1.165, 1.54) is 11.8 Å². The Hall–Kier alpha value is -3.38. The average Bonchev–Trinajstić information content (AvgIpc) is 2.82. The molecule has 0 bridgehead atoms. The van der Waals surface area contributed by atoms with Gasteiger partial charge >= 0.3 is 0 Å². The van der Waals surface area contributed by atoms with Gasteiger partial charge in [0.15, 0.2) is 0 Å². The summed E-state index contributed by atoms with van der Waals surface area (Å²) in [5.41, 5.74) is 4.77. The summed E-state index contributed by atoms with van der Waals surface area (Å²) in [5, 5.41) is 3.76. The number of carbonyl (C=O) groups is 1. The van der Waals surface area contributed by atoms with Gasteiger partial charge < -0.3 is 10.1 Å². The molecule has 156 valence electrons. The number of nitrogens with zero attached hydrogens (tertiary/aromatic N) is 2. The highest BCUT2D eigenvalue weighted by atomic mass is 32.2. The third-order valence-electron chi connectivity index (χ3n) is 4.81. The number of hydrogen-bond donors (Lipinski definition) is 1. The van der Waals surface area contributed by atoms with Crippen LogP contribution < -0.4 is 10.1 Å². The number of para-hydroxylation sites is 2. The Labute approximate surface area is 185 Å². The second-order valence-corrected chi connectivity index (χ2v) is 8.00. The van der Waals surface area contributed by atoms with E-state index in [1.807, 2.05) is 66.7 Å². The van der Waals surface area contributed by atoms with Crippen molar-refractivity contribution < 1.29 is 9.53 Å². The summed E-state index contributed by atoms with van der Waals surface area (Å²) in [6.45, 7) is 0.476. The van der Waals surface area contributed by atoms with Crippen LogP contribution in [0, 0.1) is 0 Å². The van der Waals surface area contributed by atoms with Crippen molar-refractivity contribution in [2.75, 3.05) is 12.9 Å². The van der Waals surface area contributed by atoms with Gasteiger partial charge in [0, 0.05) is 13.0 Å². The van der Waals surface area contributed by atoms with Crippen LogP contribution in [0.25, 0.3) is 11.0 Å². The number of ether oxygens (including phenoxy) is 1. The van der Waals surface area contributed by atoms with Crippen molar-refractivity contribution >= 4 is 28.7 Å². The van der Waals surface area contributed by atoms with Gasteiger partial charge in [-0.3, -0.25) is 4.79 Å². The van der Waals surface area contributed by atoms with Crippen LogP contribution in [-0.2, 0) is 17.8 Å². The standard InChI is InChI=1S/C25H23N3O2S/c1-30-20-13-11-19(12-14-20)16-26-24(29)17-31-25-23(15-18-7-3-2-4-8-18)27-21-9-5-6-10-22(21)28-25/h2-14H,15-17H2,1H3,(H,26,29). The van der Waals surface area contributed by atoms with Crippen LogP contribution in [-0.4, -0.2) is 28.7 Å². The molecule has 4 aromatic rings. The highest BCUT2D eigenvalue weighted by Gasteiger charge is 2.12. The van der Waals surface area contributed by atoms with E-state index in [0.29, 0.717) is 13.0 Å². The fourth-order valence-corrected chi connectivity index (χ4v) is 3.99. The van der Waals surface area contributed by atoms with E-state index < -0.39 is 0 Å². The molecule has 0 spiro atoms. The van der Waals surface area contributed by atoms with Gasteiger partial charge in [0.1, 0.15) is 10.8 Å². The van der Waals surface area contributed by atoms with Crippen molar-refractivity contribution in [3.8, 4) is 5.75 Å². The molecule has 0 atom stereocenters. The van der Waals surface area contributed by atoms with Gasteiger partial charge in [-0.05, 0) is 35.4 Å². The summed E-state index contributed by atoms with van der Waals surface area (Å²) < 4.78 is 5.16. The minimum atomic E-state index is -0.0403. The Kier molecular flexibility index (Phi) is 6.79. The third-order valence-corrected chi connectivity index (χ3v) is 5.82. The first kappa shape index (κ1) is 20.9. The second kappa shape index (κ2) is 10.1. The predicted molar refractivity (Wildman–Crippen MR) is 124 cm³/mol. The molecule has 5 nitrogen and oxygen atoms in total. The van der Waals surface area contributed by atoms with Crippen LogP contribution in [0.5, 0.6) is 5.75 Å². The Morgan fingerprint density at radius 3 is 2.26 bits per heavy atom. The molecule has 0 radical (unpaired) electrons. The van der Waals surface area contributed by atoms with Crippen LogP contribution in [0.3, 0.4) is 0 Å². The van der Waals surface area contributed by atoms with E-state index in [9.17, 15) is 4.79 Å². The number of hydrogen-bond acceptors (Lipinski definition) is 5. The fraction of sp³-hybridized carbons (Fsp3) is 0.160. The van der Waals surface area contributed by atoms with Crippen molar-refractivity contribution in [2.45, 2.75) is 18.0 Å². The normalized spacial score (nSPS) is 10.7. The Balaban J connectivity index is 1.44. The zero-order valence-electron chi connectivity index (χ0n) is 17.2. The lowest BCUT2D eigenvalue weighted by molar-refractivity contribution is -0.118. The highest BCUT2D eigenvalue weighted by molar-refractivity contribution is 7.99. The molecule has 0 unspecified atom stereocenters. The SMILES string of the molecule is COc1ccc(CNC(=O)CSc2nc3ccccc3nc2Cc2ccccc2)cc1. The van der Waals surface area contributed by atoms with E-state index in [0.717, 1.165) is 38.6 Å². The Morgan fingerprint density at radius 2 is 1.55 bits per heavy atom. The van der Waals surface area contributed by atoms with Gasteiger partial charge in [-0.2, -0.15) is 0 Å². The van der Waals surface area contributed by atoms with E-state index in [1.54, 1.807) is 7.11 Å². The molecule has 4 rings (SSSR count). The molecule has 0 saturated heterocycles. The largest absolute Gasteiger partial charge is 0.497 e. The van der Waals surface area contributed by atoms with Crippen molar-refractivity contribution in [2.24, 2.45) is 0 Å². The lowest BCUT2D eigenvalue weighted by Crippen LogP contribution is -2.24. The second-order valence-electron chi connectivity index (χ2n) is 7.04. The zero-order chi connectivity index (χ0) is 21.5. The molecule has 1 heterocycles. The van der Waals surface area contributed by atoms with Gasteiger partial charge in [0.2, 0.25) is 5.91 Å². The maximum absolute atomic E-state index is 12.4. The maximum atomic E-state index is 12.4. The molecule has 0 aliphatic rings. The molecule has 1 aromatic heterocycles. The van der Waals surface area contributed by atoms with Crippen molar-refractivity contribution in [1.82, 2.24) is 15.3 Å². The highest BCUT2D eigenvalue weighted by Crippen LogP contribution is 2.24. The molecule has 3 aromatic carbocycles. The maximum Gasteiger partial charge on any atom is 0.230 e. The Bertz CT molecular complexity index is 1160. The number of carbonyl (C=O) groups excluding carboxylic acids is 1. The van der Waals surface area contributed by atoms with Gasteiger partial charge in [-0.15, -0.1) is 0 Å². The summed E-state index contributed by atoms with van der Waals surface area (Å²) in [7, 11) is 1.63. The van der Waals surface area contributed by atoms with Gasteiger partial charge in [-0.1, -0.05) is 66.4 Å². The molecule has 1 amide bonds. The number of fused-ring (bicyclic) bond motifs is 1. The van der Waals surface area contributed by atoms with E-state index in [2.05, 4.69) is 17.4 Å². The van der Waals surface area contributed by atoms with Crippen LogP contribution in [0.4, 0.5) is 0 Å². The van der Waals surface area contributed by atoms with E-state index >= 15 is 0 Å². The molecule has 1 N–H and O–H groups in total. The lowest BCUT2D eigenvalue weighted by atomic mass is 10.1. The topological polar surface area (TPSA) is 64.1 Å². The molecular weight excluding hydrogens is 406 g/mol. The fourth-order valence-electron chi connectivity index (χ4n) is 3.17. The zero-order valence-corrected chi connectivity index (χ0v) is 18.1. The number of amides is 1. The molecule has 0 aliphatic carbocycles. The minimum Gasteiger partial charge on any atom is -0.497 e. The van der Waals surface area contributed by atoms with Gasteiger partial charge in [0.25, 0.3) is 0 Å².